The van der Waals surface area contributed by atoms with Gasteiger partial charge in [-0.3, -0.25) is 4.68 Å². The third-order valence-corrected chi connectivity index (χ3v) is 2.90. The fourth-order valence-electron chi connectivity index (χ4n) is 1.20. The molecule has 0 aliphatic rings. The number of nitrogens with one attached hydrogen (secondary N) is 1. The van der Waals surface area contributed by atoms with Gasteiger partial charge in [-0.25, -0.2) is 5.10 Å². The zero-order chi connectivity index (χ0) is 11.5. The Bertz CT molecular complexity index is 460. The molecule has 2 rings (SSSR count). The van der Waals surface area contributed by atoms with E-state index >= 15 is 0 Å². The molecule has 0 fully saturated rings. The first-order valence-corrected chi connectivity index (χ1v) is 5.98. The second-order valence-electron chi connectivity index (χ2n) is 3.67. The number of hydrogen-bond acceptors (Lipinski definition) is 5. The zero-order valence-electron chi connectivity index (χ0n) is 9.21. The van der Waals surface area contributed by atoms with Gasteiger partial charge in [0.2, 0.25) is 11.1 Å². The predicted octanol–water partition coefficient (Wildman–Crippen LogP) is 1.46. The minimum Gasteiger partial charge on any atom is -0.368 e. The Morgan fingerprint density at radius 2 is 2.38 bits per heavy atom. The van der Waals surface area contributed by atoms with E-state index in [0.717, 1.165) is 11.4 Å². The lowest BCUT2D eigenvalue weighted by molar-refractivity contribution is 0.529. The van der Waals surface area contributed by atoms with E-state index in [1.807, 2.05) is 16.9 Å². The summed E-state index contributed by atoms with van der Waals surface area (Å²) in [4.78, 5) is 4.01. The molecule has 0 aromatic carbocycles. The Labute approximate surface area is 97.6 Å². The van der Waals surface area contributed by atoms with Crippen molar-refractivity contribution >= 4 is 17.7 Å². The van der Waals surface area contributed by atoms with Crippen LogP contribution in [0.4, 0.5) is 5.95 Å². The zero-order valence-corrected chi connectivity index (χ0v) is 10.0. The molecule has 0 amide bonds. The second-order valence-corrected chi connectivity index (χ2v) is 4.62. The molecule has 6 nitrogen and oxygen atoms in total. The highest BCUT2D eigenvalue weighted by molar-refractivity contribution is 7.98. The van der Waals surface area contributed by atoms with Gasteiger partial charge in [0, 0.05) is 18.0 Å². The van der Waals surface area contributed by atoms with Gasteiger partial charge in [0.15, 0.2) is 0 Å². The number of anilines is 1. The quantitative estimate of drug-likeness (QED) is 0.787. The molecule has 2 heterocycles. The number of nitrogens with zero attached hydrogens (tertiary/aromatic N) is 4. The van der Waals surface area contributed by atoms with Crippen molar-refractivity contribution in [2.75, 3.05) is 5.73 Å². The third kappa shape index (κ3) is 2.54. The third-order valence-electron chi connectivity index (χ3n) is 2.02. The van der Waals surface area contributed by atoms with E-state index in [2.05, 4.69) is 34.1 Å². The van der Waals surface area contributed by atoms with Crippen LogP contribution in [-0.4, -0.2) is 25.0 Å². The van der Waals surface area contributed by atoms with Gasteiger partial charge >= 0.3 is 0 Å². The average molecular weight is 238 g/mol. The molecule has 0 unspecified atom stereocenters. The summed E-state index contributed by atoms with van der Waals surface area (Å²) in [5.74, 6) is 1.09. The van der Waals surface area contributed by atoms with E-state index in [1.165, 1.54) is 11.8 Å². The topological polar surface area (TPSA) is 85.4 Å². The Morgan fingerprint density at radius 3 is 2.94 bits per heavy atom. The lowest BCUT2D eigenvalue weighted by atomic mass is 10.4. The number of aromatic nitrogens is 5. The van der Waals surface area contributed by atoms with Gasteiger partial charge in [0.05, 0.1) is 5.69 Å². The Kier molecular flexibility index (Phi) is 3.14. The molecule has 0 atom stereocenters. The van der Waals surface area contributed by atoms with Gasteiger partial charge in [-0.15, -0.1) is 5.10 Å². The van der Waals surface area contributed by atoms with Gasteiger partial charge < -0.3 is 5.73 Å². The van der Waals surface area contributed by atoms with Crippen LogP contribution in [0, 0.1) is 0 Å². The van der Waals surface area contributed by atoms with Crippen LogP contribution in [0.25, 0.3) is 0 Å². The number of nitrogens with two attached hydrogens (primary N) is 1. The monoisotopic (exact) mass is 238 g/mol. The lowest BCUT2D eigenvalue weighted by Crippen LogP contribution is -2.01. The predicted molar refractivity (Wildman–Crippen MR) is 63.0 cm³/mol. The fourth-order valence-corrected chi connectivity index (χ4v) is 1.91. The summed E-state index contributed by atoms with van der Waals surface area (Å²) in [6.45, 7) is 4.19. The molecule has 16 heavy (non-hydrogen) atoms. The number of nitrogen functional groups attached to an aromatic ring is 1. The molecule has 7 heteroatoms. The highest BCUT2D eigenvalue weighted by Gasteiger charge is 2.05. The van der Waals surface area contributed by atoms with Crippen molar-refractivity contribution in [1.82, 2.24) is 25.0 Å². The molecule has 0 aliphatic heterocycles. The largest absolute Gasteiger partial charge is 0.368 e. The second kappa shape index (κ2) is 4.56. The number of H-pyrrole nitrogens is 1. The smallest absolute Gasteiger partial charge is 0.216 e. The van der Waals surface area contributed by atoms with E-state index in [-0.39, 0.29) is 0 Å². The summed E-state index contributed by atoms with van der Waals surface area (Å²) in [7, 11) is 0. The first-order valence-electron chi connectivity index (χ1n) is 5.00. The SMILES string of the molecule is CC(C)n1ccc(CSc2n[nH]c(N)n2)n1. The summed E-state index contributed by atoms with van der Waals surface area (Å²) >= 11 is 1.51. The molecule has 0 saturated heterocycles. The molecular weight excluding hydrogens is 224 g/mol. The number of hydrogen-bond donors (Lipinski definition) is 2. The van der Waals surface area contributed by atoms with Crippen LogP contribution in [-0.2, 0) is 5.75 Å². The van der Waals surface area contributed by atoms with Gasteiger partial charge in [-0.1, -0.05) is 11.8 Å². The van der Waals surface area contributed by atoms with Crippen molar-refractivity contribution in [3.8, 4) is 0 Å². The van der Waals surface area contributed by atoms with E-state index in [0.29, 0.717) is 17.1 Å². The van der Waals surface area contributed by atoms with Crippen LogP contribution >= 0.6 is 11.8 Å². The summed E-state index contributed by atoms with van der Waals surface area (Å²) in [6, 6.07) is 2.39. The first-order chi connectivity index (χ1) is 7.65. The molecular formula is C9H14N6S. The Morgan fingerprint density at radius 1 is 1.56 bits per heavy atom. The maximum atomic E-state index is 5.43. The van der Waals surface area contributed by atoms with Crippen LogP contribution in [0.15, 0.2) is 17.4 Å². The summed E-state index contributed by atoms with van der Waals surface area (Å²) < 4.78 is 1.93. The van der Waals surface area contributed by atoms with Crippen LogP contribution in [0.3, 0.4) is 0 Å². The fraction of sp³-hybridized carbons (Fsp3) is 0.444. The molecule has 3 N–H and O–H groups in total. The molecule has 0 spiro atoms. The van der Waals surface area contributed by atoms with E-state index < -0.39 is 0 Å². The number of aromatic amines is 1. The van der Waals surface area contributed by atoms with E-state index in [9.17, 15) is 0 Å². The Balaban J connectivity index is 1.94. The normalized spacial score (nSPS) is 11.2. The molecule has 86 valence electrons. The molecule has 0 aliphatic carbocycles. The minimum absolute atomic E-state index is 0.343. The standard InChI is InChI=1S/C9H14N6S/c1-6(2)15-4-3-7(14-15)5-16-9-11-8(10)12-13-9/h3-4,6H,5H2,1-2H3,(H3,10,11,12,13). The highest BCUT2D eigenvalue weighted by Crippen LogP contribution is 2.18. The van der Waals surface area contributed by atoms with Crippen molar-refractivity contribution in [3.05, 3.63) is 18.0 Å². The van der Waals surface area contributed by atoms with Gasteiger partial charge in [-0.05, 0) is 19.9 Å². The van der Waals surface area contributed by atoms with Crippen molar-refractivity contribution < 1.29 is 0 Å². The molecule has 0 bridgehead atoms. The summed E-state index contributed by atoms with van der Waals surface area (Å²) in [6.07, 6.45) is 1.98. The van der Waals surface area contributed by atoms with Gasteiger partial charge in [-0.2, -0.15) is 10.1 Å². The summed E-state index contributed by atoms with van der Waals surface area (Å²) in [5.41, 5.74) is 6.44. The van der Waals surface area contributed by atoms with Crippen molar-refractivity contribution in [2.24, 2.45) is 0 Å². The van der Waals surface area contributed by atoms with Crippen molar-refractivity contribution in [3.63, 3.8) is 0 Å². The molecule has 2 aromatic heterocycles. The first kappa shape index (κ1) is 11.0. The van der Waals surface area contributed by atoms with Crippen LogP contribution in [0.5, 0.6) is 0 Å². The van der Waals surface area contributed by atoms with Crippen LogP contribution < -0.4 is 5.73 Å². The lowest BCUT2D eigenvalue weighted by Gasteiger charge is -2.03. The summed E-state index contributed by atoms with van der Waals surface area (Å²) in [5, 5.41) is 11.6. The molecule has 0 saturated carbocycles. The van der Waals surface area contributed by atoms with Gasteiger partial charge in [0.1, 0.15) is 0 Å². The van der Waals surface area contributed by atoms with E-state index in [1.54, 1.807) is 0 Å². The number of thioether (sulfide) groups is 1. The average Bonchev–Trinajstić information content (AvgIpc) is 2.83. The van der Waals surface area contributed by atoms with Crippen LogP contribution in [0.1, 0.15) is 25.6 Å². The van der Waals surface area contributed by atoms with Crippen molar-refractivity contribution in [1.29, 1.82) is 0 Å². The van der Waals surface area contributed by atoms with Crippen molar-refractivity contribution in [2.45, 2.75) is 30.8 Å². The number of rotatable bonds is 4. The van der Waals surface area contributed by atoms with Crippen LogP contribution in [0.2, 0.25) is 0 Å². The maximum absolute atomic E-state index is 5.43. The maximum Gasteiger partial charge on any atom is 0.216 e. The Hall–Kier alpha value is -1.50. The molecule has 2 aromatic rings. The van der Waals surface area contributed by atoms with Gasteiger partial charge in [0.25, 0.3) is 0 Å². The van der Waals surface area contributed by atoms with E-state index in [4.69, 9.17) is 5.73 Å². The highest BCUT2D eigenvalue weighted by atomic mass is 32.2. The minimum atomic E-state index is 0.343. The molecule has 0 radical (unpaired) electrons.